The average Bonchev–Trinajstić information content (AvgIpc) is 2.41. The summed E-state index contributed by atoms with van der Waals surface area (Å²) >= 11 is 0. The molecule has 0 saturated carbocycles. The van der Waals surface area contributed by atoms with Gasteiger partial charge in [-0.15, -0.1) is 0 Å². The highest BCUT2D eigenvalue weighted by atomic mass is 19.4. The van der Waals surface area contributed by atoms with Crippen LogP contribution < -0.4 is 0 Å². The lowest BCUT2D eigenvalue weighted by molar-refractivity contribution is -0.142. The summed E-state index contributed by atoms with van der Waals surface area (Å²) in [6.45, 7) is -2.23. The fraction of sp³-hybridized carbons (Fsp3) is 0.143. The first kappa shape index (κ1) is 14.2. The highest BCUT2D eigenvalue weighted by molar-refractivity contribution is 5.62. The molecule has 0 radical (unpaired) electrons. The van der Waals surface area contributed by atoms with Crippen molar-refractivity contribution in [3.05, 3.63) is 60.7 Å². The highest BCUT2D eigenvalue weighted by Crippen LogP contribution is 2.17. The molecule has 4 heteroatoms. The van der Waals surface area contributed by atoms with E-state index in [0.717, 1.165) is 0 Å². The zero-order valence-electron chi connectivity index (χ0n) is 9.49. The van der Waals surface area contributed by atoms with E-state index in [4.69, 9.17) is 0 Å². The molecule has 0 unspecified atom stereocenters. The van der Waals surface area contributed by atoms with Crippen LogP contribution in [0.15, 0.2) is 60.7 Å². The Kier molecular flexibility index (Phi) is 5.36. The topological polar surface area (TPSA) is 0 Å². The van der Waals surface area contributed by atoms with Gasteiger partial charge in [-0.1, -0.05) is 60.7 Å². The molecule has 0 atom stereocenters. The predicted octanol–water partition coefficient (Wildman–Crippen LogP) is 4.87. The number of hydrogen-bond acceptors (Lipinski definition) is 0. The third-order valence-electron chi connectivity index (χ3n) is 2.03. The van der Waals surface area contributed by atoms with Gasteiger partial charge in [-0.25, -0.2) is 4.39 Å². The van der Waals surface area contributed by atoms with E-state index >= 15 is 0 Å². The second-order valence-corrected chi connectivity index (χ2v) is 3.48. The van der Waals surface area contributed by atoms with Crippen molar-refractivity contribution in [3.8, 4) is 11.1 Å². The maximum atomic E-state index is 10.4. The van der Waals surface area contributed by atoms with Crippen molar-refractivity contribution in [2.24, 2.45) is 0 Å². The lowest BCUT2D eigenvalue weighted by Crippen LogP contribution is -2.08. The van der Waals surface area contributed by atoms with Gasteiger partial charge in [0.05, 0.1) is 0 Å². The predicted molar refractivity (Wildman–Crippen MR) is 63.9 cm³/mol. The zero-order valence-corrected chi connectivity index (χ0v) is 9.49. The second kappa shape index (κ2) is 6.79. The van der Waals surface area contributed by atoms with Crippen LogP contribution in [0.3, 0.4) is 0 Å². The van der Waals surface area contributed by atoms with Crippen LogP contribution in [-0.4, -0.2) is 12.9 Å². The van der Waals surface area contributed by atoms with E-state index in [2.05, 4.69) is 48.5 Å². The maximum absolute atomic E-state index is 10.4. The summed E-state index contributed by atoms with van der Waals surface area (Å²) in [4.78, 5) is 0. The summed E-state index contributed by atoms with van der Waals surface area (Å²) < 4.78 is 41.6. The molecular formula is C14H12F4. The SMILES string of the molecule is FCC(F)(F)F.c1ccc(-c2ccccc2)cc1. The molecule has 2 aromatic rings. The van der Waals surface area contributed by atoms with Crippen LogP contribution in [0.4, 0.5) is 17.6 Å². The molecule has 2 aromatic carbocycles. The van der Waals surface area contributed by atoms with E-state index in [-0.39, 0.29) is 0 Å². The van der Waals surface area contributed by atoms with Gasteiger partial charge in [0.2, 0.25) is 0 Å². The molecule has 0 bridgehead atoms. The summed E-state index contributed by atoms with van der Waals surface area (Å²) in [7, 11) is 0. The molecule has 96 valence electrons. The number of rotatable bonds is 1. The molecule has 0 aliphatic rings. The fourth-order valence-corrected chi connectivity index (χ4v) is 1.26. The van der Waals surface area contributed by atoms with Crippen LogP contribution in [0.25, 0.3) is 11.1 Å². The summed E-state index contributed by atoms with van der Waals surface area (Å²) in [5.41, 5.74) is 2.55. The minimum atomic E-state index is -4.62. The van der Waals surface area contributed by atoms with Crippen molar-refractivity contribution >= 4 is 0 Å². The van der Waals surface area contributed by atoms with Gasteiger partial charge in [0.1, 0.15) is 0 Å². The molecule has 0 heterocycles. The van der Waals surface area contributed by atoms with Gasteiger partial charge in [0.25, 0.3) is 0 Å². The smallest absolute Gasteiger partial charge is 0.241 e. The molecule has 0 aromatic heterocycles. The Bertz CT molecular complexity index is 397. The van der Waals surface area contributed by atoms with E-state index in [1.165, 1.54) is 11.1 Å². The second-order valence-electron chi connectivity index (χ2n) is 3.48. The Morgan fingerprint density at radius 2 is 0.944 bits per heavy atom. The largest absolute Gasteiger partial charge is 0.416 e. The lowest BCUT2D eigenvalue weighted by Gasteiger charge is -1.98. The summed E-state index contributed by atoms with van der Waals surface area (Å²) in [5.74, 6) is 0. The zero-order chi connectivity index (χ0) is 13.4. The number of hydrogen-bond donors (Lipinski definition) is 0. The number of benzene rings is 2. The van der Waals surface area contributed by atoms with E-state index < -0.39 is 12.9 Å². The first-order chi connectivity index (χ1) is 8.53. The Balaban J connectivity index is 0.000000232. The molecule has 0 fully saturated rings. The van der Waals surface area contributed by atoms with Gasteiger partial charge in [-0.2, -0.15) is 13.2 Å². The van der Waals surface area contributed by atoms with Crippen molar-refractivity contribution in [3.63, 3.8) is 0 Å². The van der Waals surface area contributed by atoms with Crippen molar-refractivity contribution in [2.45, 2.75) is 6.18 Å². The van der Waals surface area contributed by atoms with E-state index in [1.54, 1.807) is 0 Å². The minimum absolute atomic E-state index is 1.28. The van der Waals surface area contributed by atoms with E-state index in [9.17, 15) is 17.6 Å². The third kappa shape index (κ3) is 5.48. The summed E-state index contributed by atoms with van der Waals surface area (Å²) in [6.07, 6.45) is -4.62. The van der Waals surface area contributed by atoms with Gasteiger partial charge in [0, 0.05) is 0 Å². The summed E-state index contributed by atoms with van der Waals surface area (Å²) in [5, 5.41) is 0. The van der Waals surface area contributed by atoms with Crippen molar-refractivity contribution in [2.75, 3.05) is 6.67 Å². The average molecular weight is 256 g/mol. The molecular weight excluding hydrogens is 244 g/mol. The van der Waals surface area contributed by atoms with Gasteiger partial charge >= 0.3 is 6.18 Å². The Morgan fingerprint density at radius 1 is 0.667 bits per heavy atom. The highest BCUT2D eigenvalue weighted by Gasteiger charge is 2.26. The third-order valence-corrected chi connectivity index (χ3v) is 2.03. The van der Waals surface area contributed by atoms with Crippen LogP contribution in [0.1, 0.15) is 0 Å². The van der Waals surface area contributed by atoms with Crippen LogP contribution in [-0.2, 0) is 0 Å². The normalized spacial score (nSPS) is 10.4. The van der Waals surface area contributed by atoms with Crippen LogP contribution in [0.5, 0.6) is 0 Å². The quantitative estimate of drug-likeness (QED) is 0.638. The number of halogens is 4. The summed E-state index contributed by atoms with van der Waals surface area (Å²) in [6, 6.07) is 20.8. The van der Waals surface area contributed by atoms with Gasteiger partial charge in [-0.05, 0) is 11.1 Å². The Morgan fingerprint density at radius 3 is 1.17 bits per heavy atom. The molecule has 0 aliphatic carbocycles. The number of alkyl halides is 4. The minimum Gasteiger partial charge on any atom is -0.241 e. The molecule has 0 amide bonds. The standard InChI is InChI=1S/C12H10.C2H2F4/c1-3-7-11(8-4-1)12-9-5-2-6-10-12;3-1-2(4,5)6/h1-10H;1H2. The van der Waals surface area contributed by atoms with E-state index in [0.29, 0.717) is 0 Å². The van der Waals surface area contributed by atoms with Crippen LogP contribution in [0.2, 0.25) is 0 Å². The molecule has 0 aliphatic heterocycles. The molecule has 2 rings (SSSR count). The lowest BCUT2D eigenvalue weighted by atomic mass is 10.1. The Hall–Kier alpha value is -1.84. The molecule has 0 spiro atoms. The van der Waals surface area contributed by atoms with Crippen molar-refractivity contribution < 1.29 is 17.6 Å². The monoisotopic (exact) mass is 256 g/mol. The van der Waals surface area contributed by atoms with Gasteiger partial charge in [0.15, 0.2) is 6.67 Å². The molecule has 0 nitrogen and oxygen atoms in total. The first-order valence-corrected chi connectivity index (χ1v) is 5.26. The van der Waals surface area contributed by atoms with Crippen LogP contribution >= 0.6 is 0 Å². The Labute approximate surface area is 103 Å². The fourth-order valence-electron chi connectivity index (χ4n) is 1.26. The van der Waals surface area contributed by atoms with Gasteiger partial charge in [-0.3, -0.25) is 0 Å². The first-order valence-electron chi connectivity index (χ1n) is 5.26. The molecule has 18 heavy (non-hydrogen) atoms. The maximum Gasteiger partial charge on any atom is 0.416 e. The molecule has 0 saturated heterocycles. The van der Waals surface area contributed by atoms with Crippen molar-refractivity contribution in [1.29, 1.82) is 0 Å². The molecule has 0 N–H and O–H groups in total. The van der Waals surface area contributed by atoms with E-state index in [1.807, 2.05) is 12.1 Å². The van der Waals surface area contributed by atoms with Gasteiger partial charge < -0.3 is 0 Å². The van der Waals surface area contributed by atoms with Crippen molar-refractivity contribution in [1.82, 2.24) is 0 Å². The van der Waals surface area contributed by atoms with Crippen LogP contribution in [0, 0.1) is 0 Å².